The number of carbonyl (C=O) groups is 1. The molecule has 20 heavy (non-hydrogen) atoms. The molecule has 1 aromatic heterocycles. The molecule has 1 atom stereocenters. The summed E-state index contributed by atoms with van der Waals surface area (Å²) in [7, 11) is -3.00. The molecule has 1 unspecified atom stereocenters. The third kappa shape index (κ3) is 3.17. The van der Waals surface area contributed by atoms with Crippen molar-refractivity contribution >= 4 is 15.8 Å². The maximum Gasteiger partial charge on any atom is 0.360 e. The Hall–Kier alpha value is -1.44. The zero-order valence-corrected chi connectivity index (χ0v) is 12.7. The normalized spacial score (nSPS) is 21.3. The molecule has 0 saturated carbocycles. The van der Waals surface area contributed by atoms with Gasteiger partial charge in [-0.2, -0.15) is 0 Å². The van der Waals surface area contributed by atoms with Gasteiger partial charge in [0.25, 0.3) is 0 Å². The second kappa shape index (κ2) is 5.51. The highest BCUT2D eigenvalue weighted by molar-refractivity contribution is 7.91. The predicted molar refractivity (Wildman–Crippen MR) is 72.2 cm³/mol. The number of hydrogen-bond donors (Lipinski definition) is 0. The molecule has 1 saturated heterocycles. The zero-order chi connectivity index (χ0) is 14.9. The van der Waals surface area contributed by atoms with Crippen molar-refractivity contribution < 1.29 is 17.9 Å². The van der Waals surface area contributed by atoms with Gasteiger partial charge in [-0.1, -0.05) is 19.1 Å². The van der Waals surface area contributed by atoms with E-state index in [0.29, 0.717) is 18.7 Å². The molecule has 0 radical (unpaired) electrons. The fourth-order valence-corrected chi connectivity index (χ4v) is 3.85. The summed E-state index contributed by atoms with van der Waals surface area (Å²) >= 11 is 0. The van der Waals surface area contributed by atoms with Crippen molar-refractivity contribution in [3.8, 4) is 0 Å². The number of sulfone groups is 1. The number of esters is 1. The largest absolute Gasteiger partial charge is 0.461 e. The van der Waals surface area contributed by atoms with Gasteiger partial charge in [0.05, 0.1) is 29.8 Å². The van der Waals surface area contributed by atoms with Gasteiger partial charge in [0.15, 0.2) is 15.5 Å². The van der Waals surface area contributed by atoms with Crippen molar-refractivity contribution in [3.63, 3.8) is 0 Å². The van der Waals surface area contributed by atoms with Crippen molar-refractivity contribution in [1.29, 1.82) is 0 Å². The maximum atomic E-state index is 11.9. The van der Waals surface area contributed by atoms with E-state index in [1.807, 2.05) is 13.8 Å². The molecule has 2 heterocycles. The van der Waals surface area contributed by atoms with Crippen molar-refractivity contribution in [1.82, 2.24) is 15.0 Å². The van der Waals surface area contributed by atoms with E-state index in [9.17, 15) is 13.2 Å². The van der Waals surface area contributed by atoms with Crippen LogP contribution in [-0.4, -0.2) is 47.5 Å². The van der Waals surface area contributed by atoms with Crippen LogP contribution < -0.4 is 0 Å². The van der Waals surface area contributed by atoms with Crippen LogP contribution in [0.25, 0.3) is 0 Å². The monoisotopic (exact) mass is 301 g/mol. The second-order valence-corrected chi connectivity index (χ2v) is 7.75. The highest BCUT2D eigenvalue weighted by atomic mass is 32.2. The SMILES string of the molecule is Cc1c(C(=O)OCC(C)C)nnn1C1CCS(=O)(=O)C1. The Labute approximate surface area is 118 Å². The van der Waals surface area contributed by atoms with Gasteiger partial charge in [-0.3, -0.25) is 0 Å². The van der Waals surface area contributed by atoms with Crippen LogP contribution >= 0.6 is 0 Å². The molecule has 2 rings (SSSR count). The van der Waals surface area contributed by atoms with Crippen LogP contribution in [0.15, 0.2) is 0 Å². The quantitative estimate of drug-likeness (QED) is 0.762. The Balaban J connectivity index is 2.13. The van der Waals surface area contributed by atoms with Crippen LogP contribution in [0.5, 0.6) is 0 Å². The minimum Gasteiger partial charge on any atom is -0.461 e. The molecule has 1 aliphatic rings. The Morgan fingerprint density at radius 3 is 2.75 bits per heavy atom. The topological polar surface area (TPSA) is 91.2 Å². The van der Waals surface area contributed by atoms with E-state index >= 15 is 0 Å². The Bertz CT molecular complexity index is 606. The lowest BCUT2D eigenvalue weighted by molar-refractivity contribution is 0.0451. The van der Waals surface area contributed by atoms with E-state index in [-0.39, 0.29) is 29.2 Å². The van der Waals surface area contributed by atoms with Gasteiger partial charge in [0, 0.05) is 0 Å². The lowest BCUT2D eigenvalue weighted by Gasteiger charge is -2.10. The van der Waals surface area contributed by atoms with Crippen molar-refractivity contribution in [3.05, 3.63) is 11.4 Å². The first-order valence-electron chi connectivity index (χ1n) is 6.59. The number of aromatic nitrogens is 3. The van der Waals surface area contributed by atoms with E-state index in [4.69, 9.17) is 4.74 Å². The molecule has 1 fully saturated rings. The molecule has 0 N–H and O–H groups in total. The summed E-state index contributed by atoms with van der Waals surface area (Å²) in [5, 5.41) is 7.74. The van der Waals surface area contributed by atoms with Crippen molar-refractivity contribution in [2.45, 2.75) is 33.2 Å². The molecular weight excluding hydrogens is 282 g/mol. The van der Waals surface area contributed by atoms with Gasteiger partial charge in [-0.15, -0.1) is 5.10 Å². The van der Waals surface area contributed by atoms with Crippen LogP contribution in [0.4, 0.5) is 0 Å². The summed E-state index contributed by atoms with van der Waals surface area (Å²) in [6, 6.07) is -0.237. The third-order valence-electron chi connectivity index (χ3n) is 3.22. The van der Waals surface area contributed by atoms with Gasteiger partial charge in [0.2, 0.25) is 0 Å². The molecule has 112 valence electrons. The minimum atomic E-state index is -3.00. The van der Waals surface area contributed by atoms with Gasteiger partial charge < -0.3 is 4.74 Å². The van der Waals surface area contributed by atoms with Gasteiger partial charge >= 0.3 is 5.97 Å². The fourth-order valence-electron chi connectivity index (χ4n) is 2.16. The highest BCUT2D eigenvalue weighted by Crippen LogP contribution is 2.24. The zero-order valence-electron chi connectivity index (χ0n) is 11.9. The van der Waals surface area contributed by atoms with E-state index < -0.39 is 15.8 Å². The average molecular weight is 301 g/mol. The first-order valence-corrected chi connectivity index (χ1v) is 8.41. The smallest absolute Gasteiger partial charge is 0.360 e. The van der Waals surface area contributed by atoms with Gasteiger partial charge in [-0.25, -0.2) is 17.9 Å². The number of rotatable bonds is 4. The molecule has 0 aliphatic carbocycles. The lowest BCUT2D eigenvalue weighted by Crippen LogP contribution is -2.15. The standard InChI is InChI=1S/C12H19N3O4S/c1-8(2)6-19-12(16)11-9(3)15(14-13-11)10-4-5-20(17,18)7-10/h8,10H,4-7H2,1-3H3. The van der Waals surface area contributed by atoms with E-state index in [1.54, 1.807) is 6.92 Å². The molecule has 7 nitrogen and oxygen atoms in total. The summed E-state index contributed by atoms with van der Waals surface area (Å²) in [5.74, 6) is -0.0560. The molecule has 1 aromatic rings. The second-order valence-electron chi connectivity index (χ2n) is 5.52. The Kier molecular flexibility index (Phi) is 4.12. The highest BCUT2D eigenvalue weighted by Gasteiger charge is 2.32. The number of ether oxygens (including phenoxy) is 1. The molecule has 0 aromatic carbocycles. The van der Waals surface area contributed by atoms with Crippen molar-refractivity contribution in [2.24, 2.45) is 5.92 Å². The van der Waals surface area contributed by atoms with Crippen LogP contribution in [0.2, 0.25) is 0 Å². The summed E-state index contributed by atoms with van der Waals surface area (Å²) in [6.07, 6.45) is 0.507. The van der Waals surface area contributed by atoms with E-state index in [1.165, 1.54) is 4.68 Å². The molecule has 0 bridgehead atoms. The lowest BCUT2D eigenvalue weighted by atomic mass is 10.2. The van der Waals surface area contributed by atoms with Gasteiger partial charge in [-0.05, 0) is 19.3 Å². The molecule has 1 aliphatic heterocycles. The summed E-state index contributed by atoms with van der Waals surface area (Å²) in [4.78, 5) is 11.9. The number of carbonyl (C=O) groups excluding carboxylic acids is 1. The average Bonchev–Trinajstić information content (AvgIpc) is 2.89. The summed E-state index contributed by atoms with van der Waals surface area (Å²) in [6.45, 7) is 5.92. The molecule has 8 heteroatoms. The van der Waals surface area contributed by atoms with Crippen LogP contribution in [0.3, 0.4) is 0 Å². The maximum absolute atomic E-state index is 11.9. The van der Waals surface area contributed by atoms with E-state index in [0.717, 1.165) is 0 Å². The third-order valence-corrected chi connectivity index (χ3v) is 4.97. The number of nitrogens with zero attached hydrogens (tertiary/aromatic N) is 3. The number of hydrogen-bond acceptors (Lipinski definition) is 6. The van der Waals surface area contributed by atoms with Crippen LogP contribution in [0.1, 0.15) is 42.5 Å². The molecule has 0 spiro atoms. The Morgan fingerprint density at radius 2 is 2.20 bits per heavy atom. The van der Waals surface area contributed by atoms with Crippen LogP contribution in [-0.2, 0) is 14.6 Å². The minimum absolute atomic E-state index is 0.0533. The first kappa shape index (κ1) is 15.0. The first-order chi connectivity index (χ1) is 9.30. The fraction of sp³-hybridized carbons (Fsp3) is 0.750. The van der Waals surface area contributed by atoms with Gasteiger partial charge in [0.1, 0.15) is 0 Å². The predicted octanol–water partition coefficient (Wildman–Crippen LogP) is 0.759. The summed E-state index contributed by atoms with van der Waals surface area (Å²) in [5.41, 5.74) is 0.718. The van der Waals surface area contributed by atoms with Crippen molar-refractivity contribution in [2.75, 3.05) is 18.1 Å². The van der Waals surface area contributed by atoms with Crippen LogP contribution in [0, 0.1) is 12.8 Å². The molecular formula is C12H19N3O4S. The molecule has 0 amide bonds. The summed E-state index contributed by atoms with van der Waals surface area (Å²) < 4.78 is 29.6. The Morgan fingerprint density at radius 1 is 1.50 bits per heavy atom. The van der Waals surface area contributed by atoms with E-state index in [2.05, 4.69) is 10.3 Å².